The summed E-state index contributed by atoms with van der Waals surface area (Å²) >= 11 is 0. The molecule has 0 amide bonds. The van der Waals surface area contributed by atoms with Crippen LogP contribution in [0, 0.1) is 6.92 Å². The molecule has 0 radical (unpaired) electrons. The van der Waals surface area contributed by atoms with Crippen molar-refractivity contribution in [2.75, 3.05) is 11.1 Å². The molecule has 24 heavy (non-hydrogen) atoms. The molecular formula is C19H20N4O. The number of para-hydroxylation sites is 1. The topological polar surface area (TPSA) is 73.1 Å². The standard InChI is InChI=1S/C19H20N4O/c1-3-14-8-10-15(11-9-14)24-19-17(20)18(21-12-22-19)23-16-7-5-4-6-13(16)2/h4-12H,3,20H2,1-2H3,(H,21,22,23). The molecule has 0 unspecified atom stereocenters. The quantitative estimate of drug-likeness (QED) is 0.726. The summed E-state index contributed by atoms with van der Waals surface area (Å²) in [5.41, 5.74) is 9.85. The monoisotopic (exact) mass is 320 g/mol. The van der Waals surface area contributed by atoms with E-state index in [0.29, 0.717) is 23.1 Å². The number of anilines is 3. The minimum absolute atomic E-state index is 0.338. The van der Waals surface area contributed by atoms with Crippen LogP contribution in [0.5, 0.6) is 11.6 Å². The number of hydrogen-bond acceptors (Lipinski definition) is 5. The van der Waals surface area contributed by atoms with Gasteiger partial charge in [0.15, 0.2) is 5.82 Å². The molecule has 2 aromatic carbocycles. The highest BCUT2D eigenvalue weighted by atomic mass is 16.5. The summed E-state index contributed by atoms with van der Waals surface area (Å²) < 4.78 is 5.80. The summed E-state index contributed by atoms with van der Waals surface area (Å²) in [6, 6.07) is 15.8. The summed E-state index contributed by atoms with van der Waals surface area (Å²) in [7, 11) is 0. The van der Waals surface area contributed by atoms with E-state index in [1.807, 2.05) is 55.5 Å². The van der Waals surface area contributed by atoms with E-state index in [-0.39, 0.29) is 0 Å². The number of nitrogen functional groups attached to an aromatic ring is 1. The Kier molecular flexibility index (Phi) is 4.61. The number of nitrogens with one attached hydrogen (secondary N) is 1. The maximum absolute atomic E-state index is 6.17. The average molecular weight is 320 g/mol. The van der Waals surface area contributed by atoms with Crippen LogP contribution in [-0.4, -0.2) is 9.97 Å². The molecule has 122 valence electrons. The first-order valence-electron chi connectivity index (χ1n) is 7.87. The van der Waals surface area contributed by atoms with Crippen LogP contribution in [0.2, 0.25) is 0 Å². The molecule has 0 saturated heterocycles. The van der Waals surface area contributed by atoms with E-state index in [1.54, 1.807) is 0 Å². The molecular weight excluding hydrogens is 300 g/mol. The van der Waals surface area contributed by atoms with Crippen molar-refractivity contribution < 1.29 is 4.74 Å². The van der Waals surface area contributed by atoms with Crippen molar-refractivity contribution in [3.63, 3.8) is 0 Å². The highest BCUT2D eigenvalue weighted by Gasteiger charge is 2.11. The van der Waals surface area contributed by atoms with Gasteiger partial charge in [0.1, 0.15) is 17.8 Å². The lowest BCUT2D eigenvalue weighted by atomic mass is 10.2. The van der Waals surface area contributed by atoms with Crippen LogP contribution in [0.25, 0.3) is 0 Å². The van der Waals surface area contributed by atoms with Crippen molar-refractivity contribution in [1.82, 2.24) is 9.97 Å². The lowest BCUT2D eigenvalue weighted by Crippen LogP contribution is -2.03. The maximum Gasteiger partial charge on any atom is 0.248 e. The molecule has 1 heterocycles. The SMILES string of the molecule is CCc1ccc(Oc2ncnc(Nc3ccccc3C)c2N)cc1. The van der Waals surface area contributed by atoms with Gasteiger partial charge in [-0.3, -0.25) is 0 Å². The first kappa shape index (κ1) is 15.8. The highest BCUT2D eigenvalue weighted by Crippen LogP contribution is 2.31. The molecule has 0 bridgehead atoms. The van der Waals surface area contributed by atoms with Crippen molar-refractivity contribution in [3.8, 4) is 11.6 Å². The van der Waals surface area contributed by atoms with Gasteiger partial charge in [-0.05, 0) is 42.7 Å². The second kappa shape index (κ2) is 7.00. The van der Waals surface area contributed by atoms with Gasteiger partial charge >= 0.3 is 0 Å². The van der Waals surface area contributed by atoms with E-state index in [2.05, 4.69) is 22.2 Å². The largest absolute Gasteiger partial charge is 0.437 e. The summed E-state index contributed by atoms with van der Waals surface area (Å²) in [6.07, 6.45) is 2.42. The zero-order valence-electron chi connectivity index (χ0n) is 13.8. The molecule has 0 fully saturated rings. The summed E-state index contributed by atoms with van der Waals surface area (Å²) in [6.45, 7) is 4.13. The first-order chi connectivity index (χ1) is 11.7. The Morgan fingerprint density at radius 3 is 2.50 bits per heavy atom. The van der Waals surface area contributed by atoms with E-state index in [9.17, 15) is 0 Å². The van der Waals surface area contributed by atoms with Crippen LogP contribution in [0.4, 0.5) is 17.2 Å². The van der Waals surface area contributed by atoms with Crippen LogP contribution in [0.3, 0.4) is 0 Å². The van der Waals surface area contributed by atoms with E-state index in [4.69, 9.17) is 10.5 Å². The normalized spacial score (nSPS) is 10.4. The van der Waals surface area contributed by atoms with Gasteiger partial charge in [0.05, 0.1) is 0 Å². The van der Waals surface area contributed by atoms with Crippen molar-refractivity contribution in [2.24, 2.45) is 0 Å². The number of ether oxygens (including phenoxy) is 1. The van der Waals surface area contributed by atoms with Gasteiger partial charge in [0, 0.05) is 5.69 Å². The molecule has 0 saturated carbocycles. The van der Waals surface area contributed by atoms with Crippen molar-refractivity contribution >= 4 is 17.2 Å². The predicted octanol–water partition coefficient (Wildman–Crippen LogP) is 4.47. The van der Waals surface area contributed by atoms with E-state index in [1.165, 1.54) is 11.9 Å². The zero-order chi connectivity index (χ0) is 16.9. The fourth-order valence-corrected chi connectivity index (χ4v) is 2.31. The number of benzene rings is 2. The van der Waals surface area contributed by atoms with Gasteiger partial charge in [-0.15, -0.1) is 0 Å². The average Bonchev–Trinajstić information content (AvgIpc) is 2.61. The Labute approximate surface area is 141 Å². The second-order valence-corrected chi connectivity index (χ2v) is 5.48. The maximum atomic E-state index is 6.17. The Hall–Kier alpha value is -3.08. The predicted molar refractivity (Wildman–Crippen MR) is 96.8 cm³/mol. The van der Waals surface area contributed by atoms with Crippen molar-refractivity contribution in [3.05, 3.63) is 66.0 Å². The van der Waals surface area contributed by atoms with Gasteiger partial charge in [0.2, 0.25) is 5.88 Å². The van der Waals surface area contributed by atoms with E-state index >= 15 is 0 Å². The summed E-state index contributed by atoms with van der Waals surface area (Å²) in [5, 5.41) is 3.23. The molecule has 5 heteroatoms. The molecule has 0 aliphatic heterocycles. The second-order valence-electron chi connectivity index (χ2n) is 5.48. The minimum Gasteiger partial charge on any atom is -0.437 e. The van der Waals surface area contributed by atoms with Crippen LogP contribution in [0.1, 0.15) is 18.1 Å². The van der Waals surface area contributed by atoms with Crippen molar-refractivity contribution in [1.29, 1.82) is 0 Å². The molecule has 3 aromatic rings. The fourth-order valence-electron chi connectivity index (χ4n) is 2.31. The Morgan fingerprint density at radius 1 is 1.04 bits per heavy atom. The van der Waals surface area contributed by atoms with Crippen LogP contribution < -0.4 is 15.8 Å². The van der Waals surface area contributed by atoms with E-state index in [0.717, 1.165) is 17.7 Å². The van der Waals surface area contributed by atoms with Gasteiger partial charge in [-0.25, -0.2) is 4.98 Å². The Bertz CT molecular complexity index is 831. The lowest BCUT2D eigenvalue weighted by molar-refractivity contribution is 0.464. The van der Waals surface area contributed by atoms with E-state index < -0.39 is 0 Å². The zero-order valence-corrected chi connectivity index (χ0v) is 13.8. The summed E-state index contributed by atoms with van der Waals surface area (Å²) in [4.78, 5) is 8.36. The fraction of sp³-hybridized carbons (Fsp3) is 0.158. The third kappa shape index (κ3) is 3.46. The third-order valence-corrected chi connectivity index (χ3v) is 3.79. The molecule has 5 nitrogen and oxygen atoms in total. The molecule has 0 atom stereocenters. The Balaban J connectivity index is 1.83. The van der Waals surface area contributed by atoms with Crippen molar-refractivity contribution in [2.45, 2.75) is 20.3 Å². The molecule has 1 aromatic heterocycles. The molecule has 0 aliphatic rings. The Morgan fingerprint density at radius 2 is 1.79 bits per heavy atom. The number of nitrogens with two attached hydrogens (primary N) is 1. The smallest absolute Gasteiger partial charge is 0.248 e. The molecule has 3 N–H and O–H groups in total. The first-order valence-corrected chi connectivity index (χ1v) is 7.87. The number of nitrogens with zero attached hydrogens (tertiary/aromatic N) is 2. The van der Waals surface area contributed by atoms with Crippen LogP contribution in [-0.2, 0) is 6.42 Å². The van der Waals surface area contributed by atoms with Gasteiger partial charge in [-0.2, -0.15) is 4.98 Å². The molecule has 0 spiro atoms. The molecule has 0 aliphatic carbocycles. The third-order valence-electron chi connectivity index (χ3n) is 3.79. The number of aryl methyl sites for hydroxylation is 2. The van der Waals surface area contributed by atoms with Gasteiger partial charge in [-0.1, -0.05) is 37.3 Å². The van der Waals surface area contributed by atoms with Crippen LogP contribution in [0.15, 0.2) is 54.9 Å². The van der Waals surface area contributed by atoms with Gasteiger partial charge < -0.3 is 15.8 Å². The number of aromatic nitrogens is 2. The highest BCUT2D eigenvalue weighted by molar-refractivity contribution is 5.73. The molecule has 3 rings (SSSR count). The summed E-state index contributed by atoms with van der Waals surface area (Å²) in [5.74, 6) is 1.56. The van der Waals surface area contributed by atoms with Gasteiger partial charge in [0.25, 0.3) is 0 Å². The number of rotatable bonds is 5. The van der Waals surface area contributed by atoms with Crippen LogP contribution >= 0.6 is 0 Å². The lowest BCUT2D eigenvalue weighted by Gasteiger charge is -2.13. The minimum atomic E-state index is 0.338. The number of hydrogen-bond donors (Lipinski definition) is 2.